The highest BCUT2D eigenvalue weighted by Crippen LogP contribution is 2.36. The Hall–Kier alpha value is -2.24. The Morgan fingerprint density at radius 2 is 1.96 bits per heavy atom. The van der Waals surface area contributed by atoms with Gasteiger partial charge in [0.05, 0.1) is 22.8 Å². The molecule has 1 N–H and O–H groups in total. The smallest absolute Gasteiger partial charge is 0.238 e. The van der Waals surface area contributed by atoms with Gasteiger partial charge in [-0.05, 0) is 63.4 Å². The van der Waals surface area contributed by atoms with Crippen LogP contribution in [0.4, 0.5) is 5.69 Å². The molecule has 1 aliphatic heterocycles. The van der Waals surface area contributed by atoms with Crippen molar-refractivity contribution in [1.29, 1.82) is 0 Å². The number of benzene rings is 2. The summed E-state index contributed by atoms with van der Waals surface area (Å²) in [7, 11) is 0. The molecule has 0 spiro atoms. The Morgan fingerprint density at radius 1 is 1.22 bits per heavy atom. The van der Waals surface area contributed by atoms with Gasteiger partial charge in [0, 0.05) is 5.69 Å². The third-order valence-corrected chi connectivity index (χ3v) is 6.38. The van der Waals surface area contributed by atoms with E-state index in [9.17, 15) is 4.79 Å². The molecular formula is C22H25N3OS. The van der Waals surface area contributed by atoms with Crippen molar-refractivity contribution in [3.8, 4) is 0 Å². The molecule has 1 amide bonds. The van der Waals surface area contributed by atoms with Crippen molar-refractivity contribution in [1.82, 2.24) is 9.88 Å². The molecule has 27 heavy (non-hydrogen) atoms. The van der Waals surface area contributed by atoms with Crippen LogP contribution in [0, 0.1) is 20.8 Å². The highest BCUT2D eigenvalue weighted by atomic mass is 32.1. The SMILES string of the molecule is Cc1cc(C)c(NC(=O)CN2CCCC2c2nc3ccccc3s2)c(C)c1. The Labute approximate surface area is 164 Å². The molecule has 1 unspecified atom stereocenters. The second kappa shape index (κ2) is 7.41. The highest BCUT2D eigenvalue weighted by molar-refractivity contribution is 7.18. The van der Waals surface area contributed by atoms with Gasteiger partial charge in [0.15, 0.2) is 0 Å². The Morgan fingerprint density at radius 3 is 2.70 bits per heavy atom. The first kappa shape index (κ1) is 18.1. The Bertz CT molecular complexity index is 938. The molecule has 3 aromatic rings. The van der Waals surface area contributed by atoms with Gasteiger partial charge in [0.1, 0.15) is 5.01 Å². The van der Waals surface area contributed by atoms with Crippen molar-refractivity contribution in [3.63, 3.8) is 0 Å². The van der Waals surface area contributed by atoms with E-state index in [1.165, 1.54) is 10.3 Å². The van der Waals surface area contributed by atoms with E-state index >= 15 is 0 Å². The maximum absolute atomic E-state index is 12.7. The number of thiazole rings is 1. The van der Waals surface area contributed by atoms with Crippen LogP contribution >= 0.6 is 11.3 Å². The number of aromatic nitrogens is 1. The number of nitrogens with one attached hydrogen (secondary N) is 1. The zero-order valence-corrected chi connectivity index (χ0v) is 16.9. The fourth-order valence-electron chi connectivity index (χ4n) is 4.07. The van der Waals surface area contributed by atoms with Crippen molar-refractivity contribution < 1.29 is 4.79 Å². The van der Waals surface area contributed by atoms with Gasteiger partial charge >= 0.3 is 0 Å². The summed E-state index contributed by atoms with van der Waals surface area (Å²) in [6.07, 6.45) is 2.17. The van der Waals surface area contributed by atoms with Crippen LogP contribution < -0.4 is 5.32 Å². The minimum atomic E-state index is 0.0538. The van der Waals surface area contributed by atoms with Crippen LogP contribution in [0.3, 0.4) is 0 Å². The van der Waals surface area contributed by atoms with Crippen molar-refractivity contribution >= 4 is 33.1 Å². The number of anilines is 1. The van der Waals surface area contributed by atoms with Crippen LogP contribution in [0.2, 0.25) is 0 Å². The van der Waals surface area contributed by atoms with Crippen molar-refractivity contribution in [3.05, 3.63) is 58.1 Å². The number of aryl methyl sites for hydroxylation is 3. The lowest BCUT2D eigenvalue weighted by Crippen LogP contribution is -2.33. The summed E-state index contributed by atoms with van der Waals surface area (Å²) in [5.41, 5.74) is 5.45. The molecule has 2 aromatic carbocycles. The number of hydrogen-bond acceptors (Lipinski definition) is 4. The molecule has 0 radical (unpaired) electrons. The van der Waals surface area contributed by atoms with Crippen molar-refractivity contribution in [2.24, 2.45) is 0 Å². The third kappa shape index (κ3) is 3.75. The number of rotatable bonds is 4. The first-order valence-electron chi connectivity index (χ1n) is 9.48. The standard InChI is InChI=1S/C22H25N3OS/c1-14-11-15(2)21(16(3)12-14)24-20(26)13-25-10-6-8-18(25)22-23-17-7-4-5-9-19(17)27-22/h4-5,7,9,11-12,18H,6,8,10,13H2,1-3H3,(H,24,26). The van der Waals surface area contributed by atoms with Gasteiger partial charge in [-0.1, -0.05) is 29.8 Å². The van der Waals surface area contributed by atoms with E-state index in [2.05, 4.69) is 61.3 Å². The molecule has 5 heteroatoms. The van der Waals surface area contributed by atoms with E-state index in [0.717, 1.165) is 46.7 Å². The second-order valence-corrected chi connectivity index (χ2v) is 8.53. The van der Waals surface area contributed by atoms with Gasteiger partial charge in [-0.15, -0.1) is 11.3 Å². The predicted molar refractivity (Wildman–Crippen MR) is 112 cm³/mol. The fourth-order valence-corrected chi connectivity index (χ4v) is 5.21. The molecule has 1 atom stereocenters. The van der Waals surface area contributed by atoms with Crippen LogP contribution in [-0.4, -0.2) is 28.9 Å². The van der Waals surface area contributed by atoms with Crippen LogP contribution in [0.25, 0.3) is 10.2 Å². The van der Waals surface area contributed by atoms with Crippen molar-refractivity contribution in [2.75, 3.05) is 18.4 Å². The summed E-state index contributed by atoms with van der Waals surface area (Å²) in [5.74, 6) is 0.0538. The third-order valence-electron chi connectivity index (χ3n) is 5.25. The summed E-state index contributed by atoms with van der Waals surface area (Å²) >= 11 is 1.75. The second-order valence-electron chi connectivity index (χ2n) is 7.47. The molecule has 1 fully saturated rings. The molecule has 140 valence electrons. The first-order valence-corrected chi connectivity index (χ1v) is 10.3. The number of hydrogen-bond donors (Lipinski definition) is 1. The lowest BCUT2D eigenvalue weighted by molar-refractivity contribution is -0.117. The number of carbonyl (C=O) groups is 1. The van der Waals surface area contributed by atoms with E-state index in [-0.39, 0.29) is 11.9 Å². The van der Waals surface area contributed by atoms with E-state index in [0.29, 0.717) is 6.54 Å². The predicted octanol–water partition coefficient (Wildman–Crippen LogP) is 5.00. The minimum absolute atomic E-state index is 0.0538. The zero-order chi connectivity index (χ0) is 19.0. The summed E-state index contributed by atoms with van der Waals surface area (Å²) in [5, 5.41) is 4.26. The number of nitrogens with zero attached hydrogens (tertiary/aromatic N) is 2. The molecule has 0 saturated carbocycles. The number of amides is 1. The maximum Gasteiger partial charge on any atom is 0.238 e. The number of fused-ring (bicyclic) bond motifs is 1. The quantitative estimate of drug-likeness (QED) is 0.694. The molecule has 0 bridgehead atoms. The molecule has 0 aliphatic carbocycles. The fraction of sp³-hybridized carbons (Fsp3) is 0.364. The van der Waals surface area contributed by atoms with E-state index in [4.69, 9.17) is 4.98 Å². The van der Waals surface area contributed by atoms with Gasteiger partial charge in [0.25, 0.3) is 0 Å². The Kier molecular flexibility index (Phi) is 4.98. The van der Waals surface area contributed by atoms with Gasteiger partial charge in [-0.3, -0.25) is 9.69 Å². The molecule has 1 aromatic heterocycles. The molecule has 1 saturated heterocycles. The maximum atomic E-state index is 12.7. The van der Waals surface area contributed by atoms with Gasteiger partial charge in [-0.2, -0.15) is 0 Å². The first-order chi connectivity index (χ1) is 13.0. The number of likely N-dealkylation sites (tertiary alicyclic amines) is 1. The largest absolute Gasteiger partial charge is 0.324 e. The van der Waals surface area contributed by atoms with Gasteiger partial charge in [0.2, 0.25) is 5.91 Å². The molecule has 4 nitrogen and oxygen atoms in total. The van der Waals surface area contributed by atoms with Crippen LogP contribution in [0.5, 0.6) is 0 Å². The van der Waals surface area contributed by atoms with Gasteiger partial charge < -0.3 is 5.32 Å². The summed E-state index contributed by atoms with van der Waals surface area (Å²) in [6, 6.07) is 12.7. The number of para-hydroxylation sites is 1. The molecule has 1 aliphatic rings. The summed E-state index contributed by atoms with van der Waals surface area (Å²) in [4.78, 5) is 19.8. The highest BCUT2D eigenvalue weighted by Gasteiger charge is 2.30. The van der Waals surface area contributed by atoms with E-state index in [1.54, 1.807) is 11.3 Å². The van der Waals surface area contributed by atoms with Crippen LogP contribution in [-0.2, 0) is 4.79 Å². The number of carbonyl (C=O) groups excluding carboxylic acids is 1. The van der Waals surface area contributed by atoms with Crippen LogP contribution in [0.1, 0.15) is 40.6 Å². The van der Waals surface area contributed by atoms with Crippen molar-refractivity contribution in [2.45, 2.75) is 39.7 Å². The molecular weight excluding hydrogens is 354 g/mol. The van der Waals surface area contributed by atoms with E-state index in [1.807, 2.05) is 6.07 Å². The van der Waals surface area contributed by atoms with Gasteiger partial charge in [-0.25, -0.2) is 4.98 Å². The monoisotopic (exact) mass is 379 g/mol. The average Bonchev–Trinajstić information content (AvgIpc) is 3.24. The normalized spacial score (nSPS) is 17.5. The summed E-state index contributed by atoms with van der Waals surface area (Å²) < 4.78 is 1.22. The topological polar surface area (TPSA) is 45.2 Å². The minimum Gasteiger partial charge on any atom is -0.324 e. The molecule has 4 rings (SSSR count). The average molecular weight is 380 g/mol. The summed E-state index contributed by atoms with van der Waals surface area (Å²) in [6.45, 7) is 7.54. The van der Waals surface area contributed by atoms with Crippen LogP contribution in [0.15, 0.2) is 36.4 Å². The Balaban J connectivity index is 1.49. The lowest BCUT2D eigenvalue weighted by atomic mass is 10.1. The lowest BCUT2D eigenvalue weighted by Gasteiger charge is -2.22. The zero-order valence-electron chi connectivity index (χ0n) is 16.1. The van der Waals surface area contributed by atoms with E-state index < -0.39 is 0 Å². The molecule has 2 heterocycles.